The van der Waals surface area contributed by atoms with E-state index in [4.69, 9.17) is 9.92 Å². The number of hydrogen-bond acceptors (Lipinski definition) is 6. The molecule has 0 bridgehead atoms. The van der Waals surface area contributed by atoms with Gasteiger partial charge in [-0.25, -0.2) is 9.69 Å². The van der Waals surface area contributed by atoms with E-state index in [-0.39, 0.29) is 22.0 Å². The summed E-state index contributed by atoms with van der Waals surface area (Å²) in [6, 6.07) is 9.78. The van der Waals surface area contributed by atoms with Crippen LogP contribution in [-0.2, 0) is 14.9 Å². The number of hydrogen-bond donors (Lipinski definition) is 3. The van der Waals surface area contributed by atoms with Gasteiger partial charge in [-0.15, -0.1) is 0 Å². The highest BCUT2D eigenvalue weighted by Crippen LogP contribution is 2.32. The lowest BCUT2D eigenvalue weighted by atomic mass is 10.2. The van der Waals surface area contributed by atoms with Crippen LogP contribution in [0.25, 0.3) is 0 Å². The average molecular weight is 409 g/mol. The first-order valence-corrected chi connectivity index (χ1v) is 9.21. The minimum atomic E-state index is -4.16. The zero-order chi connectivity index (χ0) is 20.2. The van der Waals surface area contributed by atoms with E-state index in [2.05, 4.69) is 17.9 Å². The van der Waals surface area contributed by atoms with E-state index < -0.39 is 27.3 Å². The zero-order valence-corrected chi connectivity index (χ0v) is 15.7. The molecule has 2 aromatic carbocycles. The fourth-order valence-corrected chi connectivity index (χ4v) is 3.27. The smallest absolute Gasteiger partial charge is 0.339 e. The van der Waals surface area contributed by atoms with E-state index in [0.29, 0.717) is 4.90 Å². The highest BCUT2D eigenvalue weighted by atomic mass is 32.2. The highest BCUT2D eigenvalue weighted by Gasteiger charge is 2.24. The van der Waals surface area contributed by atoms with Crippen LogP contribution in [0, 0.1) is 0 Å². The molecule has 0 unspecified atom stereocenters. The van der Waals surface area contributed by atoms with Gasteiger partial charge >= 0.3 is 16.1 Å². The maximum absolute atomic E-state index is 12.3. The number of amides is 4. The number of carbonyl (C=O) groups excluding carboxylic acids is 3. The molecule has 27 heavy (non-hydrogen) atoms. The molecule has 0 aliphatic carbocycles. The van der Waals surface area contributed by atoms with E-state index in [9.17, 15) is 22.8 Å². The molecule has 0 saturated heterocycles. The van der Waals surface area contributed by atoms with Gasteiger partial charge in [-0.2, -0.15) is 8.42 Å². The summed E-state index contributed by atoms with van der Waals surface area (Å²) in [6.45, 7) is 1.21. The lowest BCUT2D eigenvalue weighted by molar-refractivity contribution is -0.114. The summed E-state index contributed by atoms with van der Waals surface area (Å²) in [4.78, 5) is 35.0. The molecular formula is C16H15N3O6S2. The number of nitrogens with two attached hydrogens (primary N) is 1. The molecule has 2 aromatic rings. The Bertz CT molecular complexity index is 978. The first-order valence-electron chi connectivity index (χ1n) is 7.35. The second-order valence-corrected chi connectivity index (χ2v) is 7.10. The summed E-state index contributed by atoms with van der Waals surface area (Å²) < 4.78 is 29.7. The van der Waals surface area contributed by atoms with Crippen LogP contribution in [0.15, 0.2) is 53.4 Å². The average Bonchev–Trinajstić information content (AvgIpc) is 2.56. The number of thiol groups is 1. The zero-order valence-electron chi connectivity index (χ0n) is 13.9. The fraction of sp³-hybridized carbons (Fsp3) is 0.0625. The number of imide groups is 1. The van der Waals surface area contributed by atoms with Gasteiger partial charge in [0.05, 0.1) is 11.4 Å². The van der Waals surface area contributed by atoms with Crippen molar-refractivity contribution < 1.29 is 27.0 Å². The van der Waals surface area contributed by atoms with Crippen molar-refractivity contribution in [2.45, 2.75) is 11.8 Å². The Labute approximate surface area is 160 Å². The molecule has 0 fully saturated rings. The van der Waals surface area contributed by atoms with Gasteiger partial charge in [0, 0.05) is 13.0 Å². The van der Waals surface area contributed by atoms with Gasteiger partial charge < -0.3 is 15.2 Å². The normalized spacial score (nSPS) is 10.7. The summed E-state index contributed by atoms with van der Waals surface area (Å²) in [5.74, 6) is -0.693. The predicted octanol–water partition coefficient (Wildman–Crippen LogP) is 2.35. The maximum Gasteiger partial charge on any atom is 0.339 e. The maximum atomic E-state index is 12.3. The van der Waals surface area contributed by atoms with E-state index in [1.54, 1.807) is 6.07 Å². The Hall–Kier alpha value is -3.05. The van der Waals surface area contributed by atoms with Crippen LogP contribution in [0.3, 0.4) is 0 Å². The van der Waals surface area contributed by atoms with Gasteiger partial charge in [0.15, 0.2) is 0 Å². The minimum Gasteiger partial charge on any atom is -0.379 e. The van der Waals surface area contributed by atoms with Crippen molar-refractivity contribution >= 4 is 51.3 Å². The molecule has 4 amide bonds. The quantitative estimate of drug-likeness (QED) is 0.512. The molecule has 0 heterocycles. The number of nitrogens with zero attached hydrogens (tertiary/aromatic N) is 1. The van der Waals surface area contributed by atoms with E-state index in [0.717, 1.165) is 6.07 Å². The molecule has 3 N–H and O–H groups in total. The Kier molecular flexibility index (Phi) is 6.08. The van der Waals surface area contributed by atoms with Crippen molar-refractivity contribution in [1.29, 1.82) is 0 Å². The van der Waals surface area contributed by atoms with Gasteiger partial charge in [0.25, 0.3) is 5.24 Å². The minimum absolute atomic E-state index is 0.0353. The third-order valence-corrected chi connectivity index (χ3v) is 4.63. The lowest BCUT2D eigenvalue weighted by Crippen LogP contribution is -2.38. The molecule has 0 aromatic heterocycles. The van der Waals surface area contributed by atoms with Gasteiger partial charge in [0.2, 0.25) is 5.91 Å². The molecule has 0 saturated carbocycles. The third-order valence-electron chi connectivity index (χ3n) is 3.17. The standard InChI is InChI=1S/C16H15N3O6S2/c1-10(20)18-13-8-7-11(9-14(13)19(15(17)21)16(22)26)25-27(23,24)12-5-3-2-4-6-12/h2-9H,1H3,(H2,17,21)(H,18,20)(H,22,26). The summed E-state index contributed by atoms with van der Waals surface area (Å²) in [7, 11) is -4.16. The number of benzene rings is 2. The number of carbonyl (C=O) groups is 3. The predicted molar refractivity (Wildman–Crippen MR) is 101 cm³/mol. The van der Waals surface area contributed by atoms with Gasteiger partial charge in [-0.3, -0.25) is 9.59 Å². The van der Waals surface area contributed by atoms with Crippen LogP contribution in [0.1, 0.15) is 6.92 Å². The Balaban J connectivity index is 2.51. The topological polar surface area (TPSA) is 136 Å². The van der Waals surface area contributed by atoms with Crippen LogP contribution in [0.5, 0.6) is 5.75 Å². The largest absolute Gasteiger partial charge is 0.379 e. The van der Waals surface area contributed by atoms with Crippen molar-refractivity contribution in [1.82, 2.24) is 0 Å². The van der Waals surface area contributed by atoms with Crippen LogP contribution < -0.4 is 20.1 Å². The van der Waals surface area contributed by atoms with Crippen LogP contribution in [0.4, 0.5) is 21.0 Å². The number of nitrogens with one attached hydrogen (secondary N) is 1. The summed E-state index contributed by atoms with van der Waals surface area (Å²) in [5.41, 5.74) is 5.02. The summed E-state index contributed by atoms with van der Waals surface area (Å²) >= 11 is 3.57. The number of rotatable bonds is 5. The summed E-state index contributed by atoms with van der Waals surface area (Å²) in [5, 5.41) is 1.38. The Morgan fingerprint density at radius 2 is 1.74 bits per heavy atom. The molecule has 142 valence electrons. The summed E-state index contributed by atoms with van der Waals surface area (Å²) in [6.07, 6.45) is 0. The van der Waals surface area contributed by atoms with Crippen molar-refractivity contribution in [3.8, 4) is 5.75 Å². The highest BCUT2D eigenvalue weighted by molar-refractivity contribution is 7.97. The molecule has 9 nitrogen and oxygen atoms in total. The lowest BCUT2D eigenvalue weighted by Gasteiger charge is -2.20. The number of primary amides is 1. The number of anilines is 2. The van der Waals surface area contributed by atoms with Gasteiger partial charge in [-0.1, -0.05) is 30.8 Å². The Morgan fingerprint density at radius 1 is 1.11 bits per heavy atom. The molecule has 2 rings (SSSR count). The molecule has 0 aliphatic rings. The molecule has 11 heteroatoms. The molecular weight excluding hydrogens is 394 g/mol. The third kappa shape index (κ3) is 4.99. The monoisotopic (exact) mass is 409 g/mol. The first kappa shape index (κ1) is 20.3. The van der Waals surface area contributed by atoms with E-state index in [1.807, 2.05) is 0 Å². The van der Waals surface area contributed by atoms with Crippen LogP contribution >= 0.6 is 12.6 Å². The molecule has 0 radical (unpaired) electrons. The van der Waals surface area contributed by atoms with Crippen molar-refractivity contribution in [3.63, 3.8) is 0 Å². The molecule has 0 atom stereocenters. The van der Waals surface area contributed by atoms with E-state index >= 15 is 0 Å². The second-order valence-electron chi connectivity index (χ2n) is 5.17. The van der Waals surface area contributed by atoms with Crippen molar-refractivity contribution in [2.24, 2.45) is 5.73 Å². The molecule has 0 spiro atoms. The fourth-order valence-electron chi connectivity index (χ4n) is 2.12. The van der Waals surface area contributed by atoms with Gasteiger partial charge in [0.1, 0.15) is 10.6 Å². The van der Waals surface area contributed by atoms with Crippen LogP contribution in [0.2, 0.25) is 0 Å². The Morgan fingerprint density at radius 3 is 2.26 bits per heavy atom. The first-order chi connectivity index (χ1) is 12.6. The SMILES string of the molecule is CC(=O)Nc1ccc(OS(=O)(=O)c2ccccc2)cc1N(C(N)=O)C(=O)S. The van der Waals surface area contributed by atoms with Crippen molar-refractivity contribution in [3.05, 3.63) is 48.5 Å². The number of urea groups is 1. The van der Waals surface area contributed by atoms with Gasteiger partial charge in [-0.05, 0) is 24.3 Å². The van der Waals surface area contributed by atoms with E-state index in [1.165, 1.54) is 43.3 Å². The van der Waals surface area contributed by atoms with Crippen LogP contribution in [-0.4, -0.2) is 25.6 Å². The molecule has 0 aliphatic heterocycles. The van der Waals surface area contributed by atoms with Crippen molar-refractivity contribution in [2.75, 3.05) is 10.2 Å². The second kappa shape index (κ2) is 8.10.